The van der Waals surface area contributed by atoms with E-state index in [1.54, 1.807) is 12.1 Å². The average molecular weight is 174 g/mol. The number of halogens is 2. The highest BCUT2D eigenvalue weighted by atomic mass is 35.5. The van der Waals surface area contributed by atoms with Gasteiger partial charge in [0.1, 0.15) is 0 Å². The minimum Gasteiger partial charge on any atom is -0.202 e. The summed E-state index contributed by atoms with van der Waals surface area (Å²) in [5.41, 5.74) is 0. The quantitative estimate of drug-likeness (QED) is 0.592. The summed E-state index contributed by atoms with van der Waals surface area (Å²) < 4.78 is 0. The Bertz CT molecular complexity index is 199. The third-order valence-corrected chi connectivity index (χ3v) is 1.58. The Hall–Kier alpha value is -0.710. The van der Waals surface area contributed by atoms with Gasteiger partial charge >= 0.3 is 0 Å². The van der Waals surface area contributed by atoms with Gasteiger partial charge in [0.05, 0.1) is 10.0 Å². The van der Waals surface area contributed by atoms with Gasteiger partial charge in [-0.1, -0.05) is 35.3 Å². The van der Waals surface area contributed by atoms with E-state index < -0.39 is 0 Å². The van der Waals surface area contributed by atoms with Crippen molar-refractivity contribution in [2.45, 2.75) is 0 Å². The molecule has 0 heterocycles. The highest BCUT2D eigenvalue weighted by molar-refractivity contribution is 6.41. The Morgan fingerprint density at radius 3 is 1.50 bits per heavy atom. The zero-order valence-electron chi connectivity index (χ0n) is 5.09. The molecule has 3 heteroatoms. The Labute approximate surface area is 69.8 Å². The van der Waals surface area contributed by atoms with Crippen molar-refractivity contribution in [3.63, 3.8) is 0 Å². The van der Waals surface area contributed by atoms with Gasteiger partial charge in [0.2, 0.25) is 0 Å². The van der Waals surface area contributed by atoms with Crippen LogP contribution in [0.2, 0.25) is 10.0 Å². The van der Waals surface area contributed by atoms with E-state index >= 15 is 0 Å². The highest BCUT2D eigenvalue weighted by Crippen LogP contribution is 2.19. The van der Waals surface area contributed by atoms with E-state index in [1.807, 2.05) is 12.1 Å². The molecular weight excluding hydrogens is 169 g/mol. The van der Waals surface area contributed by atoms with Gasteiger partial charge in [0, 0.05) is 6.57 Å². The van der Waals surface area contributed by atoms with Crippen molar-refractivity contribution in [1.82, 2.24) is 0 Å². The molecule has 1 rings (SSSR count). The average Bonchev–Trinajstić information content (AvgIpc) is 2.00. The van der Waals surface area contributed by atoms with Gasteiger partial charge in [-0.15, -0.1) is 0 Å². The van der Waals surface area contributed by atoms with Crippen molar-refractivity contribution in [1.29, 1.82) is 5.26 Å². The van der Waals surface area contributed by atoms with Gasteiger partial charge in [-0.05, 0) is 12.1 Å². The molecular formula is C7H5Cl2N. The van der Waals surface area contributed by atoms with Crippen LogP contribution in [-0.4, -0.2) is 0 Å². The van der Waals surface area contributed by atoms with Crippen LogP contribution in [0.1, 0.15) is 0 Å². The first-order valence-corrected chi connectivity index (χ1v) is 3.22. The van der Waals surface area contributed by atoms with Crippen LogP contribution in [0.4, 0.5) is 0 Å². The summed E-state index contributed by atoms with van der Waals surface area (Å²) in [6, 6.07) is 7.19. The van der Waals surface area contributed by atoms with Crippen molar-refractivity contribution in [2.24, 2.45) is 0 Å². The number of nitriles is 1. The molecule has 0 bridgehead atoms. The molecule has 0 radical (unpaired) electrons. The van der Waals surface area contributed by atoms with Crippen LogP contribution in [0, 0.1) is 11.8 Å². The summed E-state index contributed by atoms with van der Waals surface area (Å²) in [6.07, 6.45) is 0. The van der Waals surface area contributed by atoms with Gasteiger partial charge in [-0.25, -0.2) is 5.26 Å². The normalized spacial score (nSPS) is 7.60. The van der Waals surface area contributed by atoms with Gasteiger partial charge in [-0.2, -0.15) is 0 Å². The first-order valence-electron chi connectivity index (χ1n) is 2.46. The lowest BCUT2D eigenvalue weighted by Crippen LogP contribution is -1.62. The van der Waals surface area contributed by atoms with Crippen molar-refractivity contribution >= 4 is 23.2 Å². The van der Waals surface area contributed by atoms with Crippen molar-refractivity contribution in [3.8, 4) is 6.57 Å². The van der Waals surface area contributed by atoms with Crippen molar-refractivity contribution in [2.75, 3.05) is 0 Å². The summed E-state index contributed by atoms with van der Waals surface area (Å²) in [7, 11) is 0. The first kappa shape index (κ1) is 9.29. The highest BCUT2D eigenvalue weighted by Gasteiger charge is 1.89. The second kappa shape index (κ2) is 5.10. The Kier molecular flexibility index (Phi) is 4.74. The molecule has 0 spiro atoms. The van der Waals surface area contributed by atoms with Crippen molar-refractivity contribution in [3.05, 3.63) is 34.3 Å². The summed E-state index contributed by atoms with van der Waals surface area (Å²) in [5.74, 6) is 0. The smallest absolute Gasteiger partial charge is 0.0592 e. The third kappa shape index (κ3) is 2.72. The molecule has 0 aliphatic rings. The lowest BCUT2D eigenvalue weighted by molar-refractivity contribution is 1.58. The monoisotopic (exact) mass is 173 g/mol. The Morgan fingerprint density at radius 1 is 1.00 bits per heavy atom. The summed E-state index contributed by atoms with van der Waals surface area (Å²) in [6.45, 7) is 3.50. The molecule has 0 saturated heterocycles. The summed E-state index contributed by atoms with van der Waals surface area (Å²) >= 11 is 11.2. The van der Waals surface area contributed by atoms with Crippen LogP contribution in [0.5, 0.6) is 0 Å². The number of benzene rings is 1. The number of hydrogen-bond acceptors (Lipinski definition) is 1. The predicted octanol–water partition coefficient (Wildman–Crippen LogP) is 3.13. The van der Waals surface area contributed by atoms with Gasteiger partial charge in [0.25, 0.3) is 0 Å². The molecule has 0 saturated carbocycles. The fourth-order valence-corrected chi connectivity index (χ4v) is 0.711. The predicted molar refractivity (Wildman–Crippen MR) is 43.1 cm³/mol. The third-order valence-electron chi connectivity index (χ3n) is 0.824. The van der Waals surface area contributed by atoms with E-state index in [0.717, 1.165) is 0 Å². The minimum atomic E-state index is 0.606. The molecule has 1 aromatic rings. The zero-order chi connectivity index (χ0) is 7.98. The fourth-order valence-electron chi connectivity index (χ4n) is 0.439. The maximum Gasteiger partial charge on any atom is 0.0592 e. The molecule has 10 heavy (non-hydrogen) atoms. The lowest BCUT2D eigenvalue weighted by Gasteiger charge is -1.88. The Morgan fingerprint density at radius 2 is 1.30 bits per heavy atom. The Balaban J connectivity index is 0.000000371. The molecule has 52 valence electrons. The number of nitrogens with zero attached hydrogens (tertiary/aromatic N) is 1. The second-order valence-electron chi connectivity index (χ2n) is 1.41. The fraction of sp³-hybridized carbons (Fsp3) is 0. The van der Waals surface area contributed by atoms with Crippen LogP contribution in [-0.2, 0) is 0 Å². The minimum absolute atomic E-state index is 0.606. The summed E-state index contributed by atoms with van der Waals surface area (Å²) in [5, 5.41) is 7.71. The molecule has 0 fully saturated rings. The molecule has 1 aromatic carbocycles. The molecule has 0 amide bonds. The molecule has 0 aliphatic heterocycles. The maximum atomic E-state index is 6.50. The van der Waals surface area contributed by atoms with E-state index in [4.69, 9.17) is 28.5 Å². The lowest BCUT2D eigenvalue weighted by atomic mass is 10.4. The van der Waals surface area contributed by atoms with E-state index in [9.17, 15) is 0 Å². The number of hydrogen-bond donors (Lipinski definition) is 0. The van der Waals surface area contributed by atoms with E-state index in [0.29, 0.717) is 10.0 Å². The molecule has 0 atom stereocenters. The first-order chi connectivity index (χ1) is 4.80. The van der Waals surface area contributed by atoms with Crippen LogP contribution in [0.3, 0.4) is 0 Å². The van der Waals surface area contributed by atoms with Crippen molar-refractivity contribution < 1.29 is 0 Å². The topological polar surface area (TPSA) is 23.8 Å². The maximum absolute atomic E-state index is 6.50. The van der Waals surface area contributed by atoms with Crippen LogP contribution in [0.25, 0.3) is 0 Å². The van der Waals surface area contributed by atoms with Gasteiger partial charge in [0.15, 0.2) is 0 Å². The zero-order valence-corrected chi connectivity index (χ0v) is 6.60. The molecule has 0 aliphatic carbocycles. The molecule has 0 unspecified atom stereocenters. The van der Waals surface area contributed by atoms with Gasteiger partial charge in [-0.3, -0.25) is 0 Å². The van der Waals surface area contributed by atoms with Crippen LogP contribution in [0.15, 0.2) is 24.3 Å². The van der Waals surface area contributed by atoms with E-state index in [-0.39, 0.29) is 0 Å². The van der Waals surface area contributed by atoms with E-state index in [1.165, 1.54) is 0 Å². The van der Waals surface area contributed by atoms with Crippen LogP contribution >= 0.6 is 23.2 Å². The molecule has 0 N–H and O–H groups in total. The molecule has 0 aromatic heterocycles. The second-order valence-corrected chi connectivity index (χ2v) is 2.23. The number of rotatable bonds is 0. The van der Waals surface area contributed by atoms with Crippen LogP contribution < -0.4 is 0 Å². The van der Waals surface area contributed by atoms with Gasteiger partial charge < -0.3 is 0 Å². The van der Waals surface area contributed by atoms with E-state index in [2.05, 4.69) is 6.57 Å². The SMILES string of the molecule is C#N.Clc1ccccc1Cl. The standard InChI is InChI=1S/C6H4Cl2.CHN/c7-5-3-1-2-4-6(5)8;1-2/h1-4H;1H. The summed E-state index contributed by atoms with van der Waals surface area (Å²) in [4.78, 5) is 0. The molecule has 1 nitrogen and oxygen atoms in total. The largest absolute Gasteiger partial charge is 0.202 e.